The first-order valence-corrected chi connectivity index (χ1v) is 6.82. The molecule has 1 saturated carbocycles. The number of aliphatic carboxylic acids is 1. The van der Waals surface area contributed by atoms with Crippen molar-refractivity contribution in [2.24, 2.45) is 5.41 Å². The predicted octanol–water partition coefficient (Wildman–Crippen LogP) is 2.20. The molecule has 19 heavy (non-hydrogen) atoms. The minimum Gasteiger partial charge on any atom is -0.481 e. The topological polar surface area (TPSA) is 62.2 Å². The van der Waals surface area contributed by atoms with Gasteiger partial charge in [0.25, 0.3) is 0 Å². The van der Waals surface area contributed by atoms with E-state index in [9.17, 15) is 9.90 Å². The van der Waals surface area contributed by atoms with Gasteiger partial charge in [0.2, 0.25) is 0 Å². The molecule has 0 amide bonds. The Morgan fingerprint density at radius 2 is 2.21 bits per heavy atom. The molecular weight excluding hydrogens is 240 g/mol. The predicted molar refractivity (Wildman–Crippen MR) is 74.1 cm³/mol. The average molecular weight is 262 g/mol. The fraction of sp³-hybridized carbons (Fsp3) is 0.600. The van der Waals surface area contributed by atoms with Gasteiger partial charge in [0.05, 0.1) is 5.41 Å². The van der Waals surface area contributed by atoms with Crippen LogP contribution >= 0.6 is 0 Å². The molecule has 0 aromatic carbocycles. The van der Waals surface area contributed by atoms with E-state index in [1.54, 1.807) is 6.20 Å². The molecular formula is C15H22N2O2. The summed E-state index contributed by atoms with van der Waals surface area (Å²) in [7, 11) is 0. The van der Waals surface area contributed by atoms with Crippen molar-refractivity contribution in [1.29, 1.82) is 0 Å². The molecule has 0 aliphatic heterocycles. The van der Waals surface area contributed by atoms with E-state index in [2.05, 4.69) is 24.1 Å². The molecule has 4 heteroatoms. The van der Waals surface area contributed by atoms with Gasteiger partial charge in [-0.05, 0) is 25.0 Å². The van der Waals surface area contributed by atoms with Crippen molar-refractivity contribution < 1.29 is 9.90 Å². The summed E-state index contributed by atoms with van der Waals surface area (Å²) < 4.78 is 0. The molecule has 0 bridgehead atoms. The van der Waals surface area contributed by atoms with Crippen LogP contribution in [0.15, 0.2) is 24.4 Å². The Balaban J connectivity index is 1.90. The lowest BCUT2D eigenvalue weighted by molar-refractivity contribution is -0.154. The Hall–Kier alpha value is -1.42. The molecule has 0 unspecified atom stereocenters. The lowest BCUT2D eigenvalue weighted by Gasteiger charge is -2.38. The zero-order chi connectivity index (χ0) is 13.9. The summed E-state index contributed by atoms with van der Waals surface area (Å²) in [6.07, 6.45) is 4.40. The molecule has 1 fully saturated rings. The molecule has 0 saturated heterocycles. The third-order valence-corrected chi connectivity index (χ3v) is 4.15. The molecule has 0 radical (unpaired) electrons. The number of carboxylic acid groups (broad SMARTS) is 1. The number of pyridine rings is 1. The first-order chi connectivity index (χ1) is 8.96. The Morgan fingerprint density at radius 1 is 1.47 bits per heavy atom. The normalized spacial score (nSPS) is 17.8. The number of hydrogen-bond donors (Lipinski definition) is 2. The highest BCUT2D eigenvalue weighted by atomic mass is 16.4. The van der Waals surface area contributed by atoms with E-state index in [4.69, 9.17) is 0 Å². The highest BCUT2D eigenvalue weighted by Gasteiger charge is 2.44. The quantitative estimate of drug-likeness (QED) is 0.825. The van der Waals surface area contributed by atoms with E-state index < -0.39 is 11.4 Å². The van der Waals surface area contributed by atoms with E-state index in [0.717, 1.165) is 31.5 Å². The van der Waals surface area contributed by atoms with Crippen LogP contribution in [0.1, 0.15) is 38.8 Å². The van der Waals surface area contributed by atoms with Crippen molar-refractivity contribution in [3.05, 3.63) is 30.1 Å². The second kappa shape index (κ2) is 5.29. The molecule has 1 aliphatic rings. The molecule has 1 aromatic heterocycles. The minimum absolute atomic E-state index is 0.0926. The lowest BCUT2D eigenvalue weighted by atomic mass is 9.68. The van der Waals surface area contributed by atoms with Crippen LogP contribution in [0.25, 0.3) is 0 Å². The molecule has 1 heterocycles. The van der Waals surface area contributed by atoms with Crippen molar-refractivity contribution in [1.82, 2.24) is 10.3 Å². The van der Waals surface area contributed by atoms with Gasteiger partial charge in [-0.15, -0.1) is 0 Å². The number of aromatic nitrogens is 1. The number of nitrogens with one attached hydrogen (secondary N) is 1. The monoisotopic (exact) mass is 262 g/mol. The summed E-state index contributed by atoms with van der Waals surface area (Å²) in [5, 5.41) is 12.6. The van der Waals surface area contributed by atoms with E-state index in [-0.39, 0.29) is 5.41 Å². The molecule has 2 rings (SSSR count). The second-order valence-corrected chi connectivity index (χ2v) is 6.14. The number of carbonyl (C=O) groups is 1. The summed E-state index contributed by atoms with van der Waals surface area (Å²) in [6, 6.07) is 5.90. The average Bonchev–Trinajstić information content (AvgIpc) is 2.33. The molecule has 0 atom stereocenters. The van der Waals surface area contributed by atoms with Crippen LogP contribution in [0.4, 0.5) is 0 Å². The number of hydrogen-bond acceptors (Lipinski definition) is 3. The standard InChI is InChI=1S/C15H22N2O2/c1-14(2,12-6-3-4-9-17-12)10-16-11-15(13(18)19)7-5-8-15/h3-4,6,9,16H,5,7-8,10-11H2,1-2H3,(H,18,19). The fourth-order valence-corrected chi connectivity index (χ4v) is 2.54. The van der Waals surface area contributed by atoms with E-state index in [1.165, 1.54) is 0 Å². The maximum absolute atomic E-state index is 11.3. The van der Waals surface area contributed by atoms with Crippen LogP contribution in [-0.4, -0.2) is 29.1 Å². The van der Waals surface area contributed by atoms with Crippen LogP contribution in [0.3, 0.4) is 0 Å². The zero-order valence-corrected chi connectivity index (χ0v) is 11.6. The Labute approximate surface area is 114 Å². The van der Waals surface area contributed by atoms with Gasteiger partial charge in [0, 0.05) is 30.4 Å². The lowest BCUT2D eigenvalue weighted by Crippen LogP contribution is -2.48. The van der Waals surface area contributed by atoms with Crippen LogP contribution in [0.2, 0.25) is 0 Å². The fourth-order valence-electron chi connectivity index (χ4n) is 2.54. The largest absolute Gasteiger partial charge is 0.481 e. The molecule has 0 spiro atoms. The van der Waals surface area contributed by atoms with E-state index in [1.807, 2.05) is 18.2 Å². The summed E-state index contributed by atoms with van der Waals surface area (Å²) in [5.41, 5.74) is 0.408. The Kier molecular flexibility index (Phi) is 3.90. The van der Waals surface area contributed by atoms with Crippen LogP contribution in [0, 0.1) is 5.41 Å². The van der Waals surface area contributed by atoms with Crippen molar-refractivity contribution in [3.8, 4) is 0 Å². The number of rotatable bonds is 6. The van der Waals surface area contributed by atoms with Gasteiger partial charge < -0.3 is 10.4 Å². The highest BCUT2D eigenvalue weighted by Crippen LogP contribution is 2.40. The van der Waals surface area contributed by atoms with Crippen LogP contribution in [0.5, 0.6) is 0 Å². The highest BCUT2D eigenvalue weighted by molar-refractivity contribution is 5.76. The number of carboxylic acids is 1. The van der Waals surface area contributed by atoms with Crippen molar-refractivity contribution in [3.63, 3.8) is 0 Å². The van der Waals surface area contributed by atoms with Crippen molar-refractivity contribution in [2.45, 2.75) is 38.5 Å². The van der Waals surface area contributed by atoms with Gasteiger partial charge in [0.15, 0.2) is 0 Å². The SMILES string of the molecule is CC(C)(CNCC1(C(=O)O)CCC1)c1ccccn1. The first-order valence-electron chi connectivity index (χ1n) is 6.82. The first kappa shape index (κ1) is 14.0. The minimum atomic E-state index is -0.665. The Bertz CT molecular complexity index is 439. The van der Waals surface area contributed by atoms with Gasteiger partial charge in [-0.1, -0.05) is 26.3 Å². The summed E-state index contributed by atoms with van der Waals surface area (Å²) in [4.78, 5) is 15.7. The Morgan fingerprint density at radius 3 is 2.68 bits per heavy atom. The van der Waals surface area contributed by atoms with Crippen molar-refractivity contribution >= 4 is 5.97 Å². The van der Waals surface area contributed by atoms with Gasteiger partial charge >= 0.3 is 5.97 Å². The van der Waals surface area contributed by atoms with E-state index in [0.29, 0.717) is 6.54 Å². The van der Waals surface area contributed by atoms with Crippen LogP contribution < -0.4 is 5.32 Å². The van der Waals surface area contributed by atoms with Crippen molar-refractivity contribution in [2.75, 3.05) is 13.1 Å². The maximum atomic E-state index is 11.3. The third-order valence-electron chi connectivity index (χ3n) is 4.15. The second-order valence-electron chi connectivity index (χ2n) is 6.14. The summed E-state index contributed by atoms with van der Waals surface area (Å²) >= 11 is 0. The van der Waals surface area contributed by atoms with Crippen LogP contribution in [-0.2, 0) is 10.2 Å². The summed E-state index contributed by atoms with van der Waals surface area (Å²) in [5.74, 6) is -0.665. The molecule has 104 valence electrons. The van der Waals surface area contributed by atoms with E-state index >= 15 is 0 Å². The number of nitrogens with zero attached hydrogens (tertiary/aromatic N) is 1. The smallest absolute Gasteiger partial charge is 0.310 e. The van der Waals surface area contributed by atoms with Gasteiger partial charge in [0.1, 0.15) is 0 Å². The molecule has 1 aliphatic carbocycles. The molecule has 4 nitrogen and oxygen atoms in total. The maximum Gasteiger partial charge on any atom is 0.310 e. The van der Waals surface area contributed by atoms with Gasteiger partial charge in [-0.25, -0.2) is 0 Å². The van der Waals surface area contributed by atoms with Gasteiger partial charge in [-0.2, -0.15) is 0 Å². The van der Waals surface area contributed by atoms with Gasteiger partial charge in [-0.3, -0.25) is 9.78 Å². The molecule has 2 N–H and O–H groups in total. The third kappa shape index (κ3) is 2.95. The zero-order valence-electron chi connectivity index (χ0n) is 11.6. The molecule has 1 aromatic rings. The summed E-state index contributed by atoms with van der Waals surface area (Å²) in [6.45, 7) is 5.53.